The van der Waals surface area contributed by atoms with Crippen LogP contribution in [0.3, 0.4) is 0 Å². The first-order valence-electron chi connectivity index (χ1n) is 7.41. The summed E-state index contributed by atoms with van der Waals surface area (Å²) in [5.74, 6) is -0.0391. The van der Waals surface area contributed by atoms with Gasteiger partial charge in [0.1, 0.15) is 5.69 Å². The molecule has 0 aromatic carbocycles. The number of hydrogen-bond donors (Lipinski definition) is 1. The minimum atomic E-state index is -0.0391. The van der Waals surface area contributed by atoms with Crippen LogP contribution < -0.4 is 5.73 Å². The van der Waals surface area contributed by atoms with Crippen molar-refractivity contribution in [3.05, 3.63) is 24.0 Å². The summed E-state index contributed by atoms with van der Waals surface area (Å²) in [5, 5.41) is 0. The first-order valence-corrected chi connectivity index (χ1v) is 7.41. The van der Waals surface area contributed by atoms with E-state index in [1.807, 2.05) is 11.8 Å². The van der Waals surface area contributed by atoms with Crippen LogP contribution in [-0.4, -0.2) is 54.8 Å². The Bertz CT molecular complexity index is 442. The van der Waals surface area contributed by atoms with Crippen molar-refractivity contribution in [2.45, 2.75) is 25.9 Å². The molecule has 21 heavy (non-hydrogen) atoms. The van der Waals surface area contributed by atoms with Crippen LogP contribution in [-0.2, 0) is 9.47 Å². The van der Waals surface area contributed by atoms with E-state index in [0.717, 1.165) is 12.8 Å². The van der Waals surface area contributed by atoms with E-state index in [0.29, 0.717) is 44.3 Å². The minimum Gasteiger partial charge on any atom is -0.397 e. The first-order chi connectivity index (χ1) is 10.2. The number of carbonyl (C=O) groups excluding carboxylic acids is 1. The van der Waals surface area contributed by atoms with Crippen molar-refractivity contribution < 1.29 is 14.3 Å². The highest BCUT2D eigenvalue weighted by Gasteiger charge is 2.24. The largest absolute Gasteiger partial charge is 0.397 e. The molecule has 0 bridgehead atoms. The summed E-state index contributed by atoms with van der Waals surface area (Å²) in [6, 6.07) is 3.37. The average molecular weight is 293 g/mol. The van der Waals surface area contributed by atoms with Gasteiger partial charge in [0.15, 0.2) is 0 Å². The van der Waals surface area contributed by atoms with Gasteiger partial charge in [0.05, 0.1) is 31.2 Å². The number of anilines is 1. The highest BCUT2D eigenvalue weighted by Crippen LogP contribution is 2.16. The normalized spacial score (nSPS) is 16.1. The van der Waals surface area contributed by atoms with Gasteiger partial charge in [-0.25, -0.2) is 4.98 Å². The zero-order chi connectivity index (χ0) is 15.1. The number of nitrogens with two attached hydrogens (primary N) is 1. The summed E-state index contributed by atoms with van der Waals surface area (Å²) < 4.78 is 11.0. The molecule has 2 N–H and O–H groups in total. The Balaban J connectivity index is 1.75. The van der Waals surface area contributed by atoms with E-state index in [4.69, 9.17) is 15.2 Å². The Morgan fingerprint density at radius 1 is 1.38 bits per heavy atom. The van der Waals surface area contributed by atoms with Gasteiger partial charge in [-0.1, -0.05) is 0 Å². The summed E-state index contributed by atoms with van der Waals surface area (Å²) in [6.07, 6.45) is 3.44. The van der Waals surface area contributed by atoms with Crippen molar-refractivity contribution >= 4 is 11.6 Å². The molecular formula is C15H23N3O3. The summed E-state index contributed by atoms with van der Waals surface area (Å²) in [7, 11) is 0. The van der Waals surface area contributed by atoms with Gasteiger partial charge < -0.3 is 20.1 Å². The zero-order valence-electron chi connectivity index (χ0n) is 12.5. The van der Waals surface area contributed by atoms with Crippen LogP contribution in [0.1, 0.15) is 30.3 Å². The fourth-order valence-corrected chi connectivity index (χ4v) is 2.34. The van der Waals surface area contributed by atoms with Crippen molar-refractivity contribution in [2.75, 3.05) is 38.6 Å². The molecule has 0 radical (unpaired) electrons. The van der Waals surface area contributed by atoms with Crippen LogP contribution in [0.15, 0.2) is 18.3 Å². The van der Waals surface area contributed by atoms with Crippen LogP contribution >= 0.6 is 0 Å². The number of nitrogen functional groups attached to an aromatic ring is 1. The summed E-state index contributed by atoms with van der Waals surface area (Å²) in [6.45, 7) is 5.32. The van der Waals surface area contributed by atoms with Crippen molar-refractivity contribution in [1.29, 1.82) is 0 Å². The van der Waals surface area contributed by atoms with E-state index < -0.39 is 0 Å². The van der Waals surface area contributed by atoms with E-state index in [1.54, 1.807) is 12.1 Å². The van der Waals surface area contributed by atoms with E-state index in [2.05, 4.69) is 4.98 Å². The van der Waals surface area contributed by atoms with Crippen LogP contribution in [0.4, 0.5) is 5.69 Å². The highest BCUT2D eigenvalue weighted by molar-refractivity contribution is 5.92. The van der Waals surface area contributed by atoms with Gasteiger partial charge in [-0.15, -0.1) is 0 Å². The fraction of sp³-hybridized carbons (Fsp3) is 0.600. The maximum absolute atomic E-state index is 12.3. The molecule has 0 atom stereocenters. The molecule has 1 aliphatic heterocycles. The molecule has 2 heterocycles. The lowest BCUT2D eigenvalue weighted by Crippen LogP contribution is -2.41. The van der Waals surface area contributed by atoms with Crippen molar-refractivity contribution in [1.82, 2.24) is 9.88 Å². The average Bonchev–Trinajstić information content (AvgIpc) is 2.52. The summed E-state index contributed by atoms with van der Waals surface area (Å²) in [4.78, 5) is 18.2. The van der Waals surface area contributed by atoms with Crippen molar-refractivity contribution in [3.63, 3.8) is 0 Å². The monoisotopic (exact) mass is 293 g/mol. The van der Waals surface area contributed by atoms with Crippen molar-refractivity contribution in [3.8, 4) is 0 Å². The molecule has 0 spiro atoms. The lowest BCUT2D eigenvalue weighted by atomic mass is 10.1. The fourth-order valence-electron chi connectivity index (χ4n) is 2.34. The van der Waals surface area contributed by atoms with Crippen LogP contribution in [0.2, 0.25) is 0 Å². The molecule has 1 aliphatic rings. The minimum absolute atomic E-state index is 0.0391. The van der Waals surface area contributed by atoms with E-state index >= 15 is 0 Å². The highest BCUT2D eigenvalue weighted by atomic mass is 16.5. The Hall–Kier alpha value is -1.66. The van der Waals surface area contributed by atoms with Crippen LogP contribution in [0.25, 0.3) is 0 Å². The van der Waals surface area contributed by atoms with E-state index in [9.17, 15) is 4.79 Å². The number of ether oxygens (including phenoxy) is 2. The molecule has 1 amide bonds. The molecule has 0 saturated carbocycles. The standard InChI is InChI=1S/C15H23N3O3/c1-2-20-9-10-21-13-5-7-18(8-6-13)15(19)14-4-3-12(16)11-17-14/h3-4,11,13H,2,5-10,16H2,1H3. The smallest absolute Gasteiger partial charge is 0.272 e. The number of nitrogens with zero attached hydrogens (tertiary/aromatic N) is 2. The predicted octanol–water partition coefficient (Wildman–Crippen LogP) is 1.32. The second-order valence-electron chi connectivity index (χ2n) is 5.04. The molecular weight excluding hydrogens is 270 g/mol. The van der Waals surface area contributed by atoms with Gasteiger partial charge in [-0.2, -0.15) is 0 Å². The van der Waals surface area contributed by atoms with Gasteiger partial charge in [-0.05, 0) is 31.9 Å². The van der Waals surface area contributed by atoms with Gasteiger partial charge in [-0.3, -0.25) is 4.79 Å². The Labute approximate surface area is 125 Å². The number of amides is 1. The molecule has 1 saturated heterocycles. The molecule has 1 fully saturated rings. The molecule has 6 heteroatoms. The predicted molar refractivity (Wildman–Crippen MR) is 80.0 cm³/mol. The number of aromatic nitrogens is 1. The van der Waals surface area contributed by atoms with E-state index in [-0.39, 0.29) is 12.0 Å². The number of rotatable bonds is 6. The number of piperidine rings is 1. The Morgan fingerprint density at radius 3 is 2.76 bits per heavy atom. The number of carbonyl (C=O) groups is 1. The van der Waals surface area contributed by atoms with Gasteiger partial charge in [0, 0.05) is 19.7 Å². The third-order valence-corrected chi connectivity index (χ3v) is 3.52. The van der Waals surface area contributed by atoms with Gasteiger partial charge >= 0.3 is 0 Å². The lowest BCUT2D eigenvalue weighted by molar-refractivity contribution is -0.0183. The Morgan fingerprint density at radius 2 is 2.14 bits per heavy atom. The molecule has 2 rings (SSSR count). The quantitative estimate of drug-likeness (QED) is 0.800. The summed E-state index contributed by atoms with van der Waals surface area (Å²) in [5.41, 5.74) is 6.58. The molecule has 1 aromatic heterocycles. The number of pyridine rings is 1. The molecule has 6 nitrogen and oxygen atoms in total. The SMILES string of the molecule is CCOCCOC1CCN(C(=O)c2ccc(N)cn2)CC1. The van der Waals surface area contributed by atoms with Gasteiger partial charge in [0.2, 0.25) is 0 Å². The summed E-state index contributed by atoms with van der Waals surface area (Å²) >= 11 is 0. The molecule has 116 valence electrons. The Kier molecular flexibility index (Phi) is 5.95. The van der Waals surface area contributed by atoms with Crippen molar-refractivity contribution in [2.24, 2.45) is 0 Å². The third-order valence-electron chi connectivity index (χ3n) is 3.52. The molecule has 0 unspecified atom stereocenters. The van der Waals surface area contributed by atoms with Gasteiger partial charge in [0.25, 0.3) is 5.91 Å². The van der Waals surface area contributed by atoms with Crippen LogP contribution in [0, 0.1) is 0 Å². The molecule has 1 aromatic rings. The maximum Gasteiger partial charge on any atom is 0.272 e. The topological polar surface area (TPSA) is 77.7 Å². The second kappa shape index (κ2) is 7.95. The lowest BCUT2D eigenvalue weighted by Gasteiger charge is -2.31. The van der Waals surface area contributed by atoms with Crippen LogP contribution in [0.5, 0.6) is 0 Å². The zero-order valence-corrected chi connectivity index (χ0v) is 12.5. The maximum atomic E-state index is 12.3. The third kappa shape index (κ3) is 4.68. The number of hydrogen-bond acceptors (Lipinski definition) is 5. The number of likely N-dealkylation sites (tertiary alicyclic amines) is 1. The van der Waals surface area contributed by atoms with E-state index in [1.165, 1.54) is 6.20 Å². The molecule has 0 aliphatic carbocycles. The second-order valence-corrected chi connectivity index (χ2v) is 5.04. The first kappa shape index (κ1) is 15.7.